The Hall–Kier alpha value is -1.86. The maximum atomic E-state index is 10.7. The number of morpholine rings is 1. The van der Waals surface area contributed by atoms with E-state index in [2.05, 4.69) is 11.0 Å². The minimum absolute atomic E-state index is 0.144. The summed E-state index contributed by atoms with van der Waals surface area (Å²) in [6.07, 6.45) is 1.05. The number of nitrogens with zero attached hydrogens (tertiary/aromatic N) is 2. The van der Waals surface area contributed by atoms with Crippen molar-refractivity contribution in [1.29, 1.82) is 5.26 Å². The van der Waals surface area contributed by atoms with E-state index in [1.165, 1.54) is 0 Å². The van der Waals surface area contributed by atoms with Crippen molar-refractivity contribution in [2.24, 2.45) is 0 Å². The highest BCUT2D eigenvalue weighted by atomic mass is 16.5. The van der Waals surface area contributed by atoms with Gasteiger partial charge in [-0.25, -0.2) is 0 Å². The topological polar surface area (TPSA) is 53.3 Å². The minimum Gasteiger partial charge on any atom is -0.372 e. The van der Waals surface area contributed by atoms with Crippen molar-refractivity contribution in [2.45, 2.75) is 26.1 Å². The van der Waals surface area contributed by atoms with E-state index in [-0.39, 0.29) is 12.2 Å². The molecule has 0 aromatic heterocycles. The van der Waals surface area contributed by atoms with Gasteiger partial charge in [0.2, 0.25) is 0 Å². The third-order valence-corrected chi connectivity index (χ3v) is 3.04. The number of anilines is 1. The number of hydrogen-bond donors (Lipinski definition) is 0. The summed E-state index contributed by atoms with van der Waals surface area (Å²) >= 11 is 0. The molecule has 1 fully saturated rings. The lowest BCUT2D eigenvalue weighted by Gasteiger charge is -2.37. The Balaban J connectivity index is 2.32. The monoisotopic (exact) mass is 244 g/mol. The fraction of sp³-hybridized carbons (Fsp3) is 0.429. The Morgan fingerprint density at radius 3 is 2.61 bits per heavy atom. The van der Waals surface area contributed by atoms with Crippen molar-refractivity contribution < 1.29 is 9.53 Å². The second kappa shape index (κ2) is 5.19. The molecule has 4 nitrogen and oxygen atoms in total. The fourth-order valence-corrected chi connectivity index (χ4v) is 2.37. The molecular formula is C14H16N2O2. The van der Waals surface area contributed by atoms with Crippen LogP contribution >= 0.6 is 0 Å². The largest absolute Gasteiger partial charge is 0.372 e. The van der Waals surface area contributed by atoms with E-state index in [1.54, 1.807) is 12.1 Å². The number of aldehydes is 1. The van der Waals surface area contributed by atoms with Crippen LogP contribution in [0.5, 0.6) is 0 Å². The van der Waals surface area contributed by atoms with Crippen molar-refractivity contribution in [3.05, 3.63) is 29.3 Å². The van der Waals surface area contributed by atoms with Crippen LogP contribution in [0.15, 0.2) is 18.2 Å². The van der Waals surface area contributed by atoms with Crippen molar-refractivity contribution in [3.63, 3.8) is 0 Å². The zero-order valence-corrected chi connectivity index (χ0v) is 10.6. The smallest absolute Gasteiger partial charge is 0.150 e. The number of carbonyl (C=O) groups excluding carboxylic acids is 1. The molecule has 1 heterocycles. The van der Waals surface area contributed by atoms with E-state index < -0.39 is 0 Å². The van der Waals surface area contributed by atoms with Crippen LogP contribution < -0.4 is 4.90 Å². The summed E-state index contributed by atoms with van der Waals surface area (Å²) < 4.78 is 5.68. The van der Waals surface area contributed by atoms with Gasteiger partial charge in [-0.3, -0.25) is 4.79 Å². The molecule has 1 aromatic carbocycles. The van der Waals surface area contributed by atoms with Crippen molar-refractivity contribution in [1.82, 2.24) is 0 Å². The van der Waals surface area contributed by atoms with Crippen LogP contribution in [-0.2, 0) is 4.74 Å². The van der Waals surface area contributed by atoms with Crippen LogP contribution in [-0.4, -0.2) is 31.6 Å². The molecule has 2 rings (SSSR count). The predicted molar refractivity (Wildman–Crippen MR) is 68.8 cm³/mol. The molecule has 0 spiro atoms. The van der Waals surface area contributed by atoms with Gasteiger partial charge in [0.25, 0.3) is 0 Å². The molecule has 0 amide bonds. The number of ether oxygens (including phenoxy) is 1. The highest BCUT2D eigenvalue weighted by molar-refractivity contribution is 5.78. The second-order valence-corrected chi connectivity index (χ2v) is 4.67. The van der Waals surface area contributed by atoms with Gasteiger partial charge in [-0.2, -0.15) is 5.26 Å². The Morgan fingerprint density at radius 1 is 1.39 bits per heavy atom. The van der Waals surface area contributed by atoms with E-state index in [0.29, 0.717) is 11.1 Å². The first-order chi connectivity index (χ1) is 8.63. The molecule has 4 heteroatoms. The predicted octanol–water partition coefficient (Wildman–Crippen LogP) is 1.98. The molecule has 2 atom stereocenters. The number of nitriles is 1. The lowest BCUT2D eigenvalue weighted by atomic mass is 10.1. The van der Waals surface area contributed by atoms with E-state index in [1.807, 2.05) is 19.9 Å². The van der Waals surface area contributed by atoms with Crippen molar-refractivity contribution >= 4 is 12.0 Å². The first kappa shape index (κ1) is 12.6. The Morgan fingerprint density at radius 2 is 2.06 bits per heavy atom. The normalized spacial score (nSPS) is 23.5. The van der Waals surface area contributed by atoms with Crippen LogP contribution in [0.1, 0.15) is 29.8 Å². The van der Waals surface area contributed by atoms with Crippen molar-refractivity contribution in [2.75, 3.05) is 18.0 Å². The zero-order chi connectivity index (χ0) is 13.1. The standard InChI is InChI=1S/C14H16N2O2/c1-10-7-16(8-11(2)18-10)14-4-3-12(9-17)5-13(14)6-15/h3-5,9-11H,7-8H2,1-2H3/t10-,11+. The van der Waals surface area contributed by atoms with E-state index in [4.69, 9.17) is 4.74 Å². The maximum Gasteiger partial charge on any atom is 0.150 e. The summed E-state index contributed by atoms with van der Waals surface area (Å²) in [5.74, 6) is 0. The Bertz CT molecular complexity index is 483. The summed E-state index contributed by atoms with van der Waals surface area (Å²) in [5.41, 5.74) is 1.95. The van der Waals surface area contributed by atoms with E-state index in [0.717, 1.165) is 25.1 Å². The Labute approximate surface area is 107 Å². The molecule has 18 heavy (non-hydrogen) atoms. The quantitative estimate of drug-likeness (QED) is 0.746. The third kappa shape index (κ3) is 2.52. The van der Waals surface area contributed by atoms with Crippen LogP contribution in [0, 0.1) is 11.3 Å². The lowest BCUT2D eigenvalue weighted by Crippen LogP contribution is -2.45. The Kier molecular flexibility index (Phi) is 3.63. The van der Waals surface area contributed by atoms with Gasteiger partial charge in [0, 0.05) is 18.7 Å². The lowest BCUT2D eigenvalue weighted by molar-refractivity contribution is -0.00523. The number of rotatable bonds is 2. The van der Waals surface area contributed by atoms with Gasteiger partial charge in [-0.15, -0.1) is 0 Å². The maximum absolute atomic E-state index is 10.7. The molecule has 0 saturated carbocycles. The summed E-state index contributed by atoms with van der Waals surface area (Å²) in [6.45, 7) is 5.57. The molecule has 0 aliphatic carbocycles. The summed E-state index contributed by atoms with van der Waals surface area (Å²) in [7, 11) is 0. The molecule has 1 aromatic rings. The third-order valence-electron chi connectivity index (χ3n) is 3.04. The average molecular weight is 244 g/mol. The molecule has 1 aliphatic rings. The van der Waals surface area contributed by atoms with Gasteiger partial charge in [-0.05, 0) is 32.0 Å². The summed E-state index contributed by atoms with van der Waals surface area (Å²) in [4.78, 5) is 12.9. The van der Waals surface area contributed by atoms with Crippen molar-refractivity contribution in [3.8, 4) is 6.07 Å². The first-order valence-electron chi connectivity index (χ1n) is 6.03. The van der Waals surface area contributed by atoms with Crippen LogP contribution in [0.25, 0.3) is 0 Å². The van der Waals surface area contributed by atoms with Gasteiger partial charge in [0.15, 0.2) is 0 Å². The molecule has 1 saturated heterocycles. The zero-order valence-electron chi connectivity index (χ0n) is 10.6. The van der Waals surface area contributed by atoms with Gasteiger partial charge < -0.3 is 9.64 Å². The van der Waals surface area contributed by atoms with Crippen LogP contribution in [0.4, 0.5) is 5.69 Å². The molecule has 0 N–H and O–H groups in total. The molecule has 0 bridgehead atoms. The van der Waals surface area contributed by atoms with Crippen LogP contribution in [0.2, 0.25) is 0 Å². The van der Waals surface area contributed by atoms with E-state index >= 15 is 0 Å². The number of carbonyl (C=O) groups is 1. The van der Waals surface area contributed by atoms with Gasteiger partial charge >= 0.3 is 0 Å². The fourth-order valence-electron chi connectivity index (χ4n) is 2.37. The van der Waals surface area contributed by atoms with Gasteiger partial charge in [-0.1, -0.05) is 0 Å². The highest BCUT2D eigenvalue weighted by Gasteiger charge is 2.23. The summed E-state index contributed by atoms with van der Waals surface area (Å²) in [5, 5.41) is 9.18. The molecule has 0 radical (unpaired) electrons. The average Bonchev–Trinajstić information content (AvgIpc) is 2.36. The molecular weight excluding hydrogens is 228 g/mol. The first-order valence-corrected chi connectivity index (χ1v) is 6.03. The minimum atomic E-state index is 0.144. The van der Waals surface area contributed by atoms with Gasteiger partial charge in [0.1, 0.15) is 12.4 Å². The molecule has 1 aliphatic heterocycles. The molecule has 94 valence electrons. The number of benzene rings is 1. The summed E-state index contributed by atoms with van der Waals surface area (Å²) in [6, 6.07) is 7.37. The van der Waals surface area contributed by atoms with Gasteiger partial charge in [0.05, 0.1) is 23.5 Å². The SMILES string of the molecule is C[C@@H]1CN(c2ccc(C=O)cc2C#N)C[C@H](C)O1. The highest BCUT2D eigenvalue weighted by Crippen LogP contribution is 2.24. The van der Waals surface area contributed by atoms with E-state index in [9.17, 15) is 10.1 Å². The second-order valence-electron chi connectivity index (χ2n) is 4.67. The number of hydrogen-bond acceptors (Lipinski definition) is 4. The van der Waals surface area contributed by atoms with Crippen LogP contribution in [0.3, 0.4) is 0 Å². The molecule has 0 unspecified atom stereocenters.